The topological polar surface area (TPSA) is 55.1 Å². The number of primary amides is 1. The molecule has 1 heterocycles. The second kappa shape index (κ2) is 5.02. The van der Waals surface area contributed by atoms with Crippen molar-refractivity contribution in [1.82, 2.24) is 5.32 Å². The smallest absolute Gasteiger partial charge is 0.249 e. The number of benzene rings is 1. The summed E-state index contributed by atoms with van der Waals surface area (Å²) in [5.74, 6) is -0.915. The molecule has 0 unspecified atom stereocenters. The number of nitrogens with two attached hydrogens (primary N) is 1. The highest BCUT2D eigenvalue weighted by molar-refractivity contribution is 5.99. The van der Waals surface area contributed by atoms with E-state index in [2.05, 4.69) is 5.32 Å². The van der Waals surface area contributed by atoms with Gasteiger partial charge in [0.15, 0.2) is 0 Å². The third-order valence-electron chi connectivity index (χ3n) is 4.47. The van der Waals surface area contributed by atoms with Crippen LogP contribution < -0.4 is 11.1 Å². The molecule has 0 spiro atoms. The lowest BCUT2D eigenvalue weighted by atomic mass is 9.88. The Balaban J connectivity index is 2.29. The normalized spacial score (nSPS) is 17.4. The van der Waals surface area contributed by atoms with E-state index in [1.807, 2.05) is 20.0 Å². The molecule has 0 saturated carbocycles. The van der Waals surface area contributed by atoms with Crippen LogP contribution in [0.2, 0.25) is 0 Å². The molecule has 1 amide bonds. The Hall–Kier alpha value is -2.10. The first kappa shape index (κ1) is 13.9. The van der Waals surface area contributed by atoms with Gasteiger partial charge in [0.05, 0.1) is 0 Å². The predicted octanol–water partition coefficient (Wildman–Crippen LogP) is 3.00. The molecule has 0 bridgehead atoms. The molecule has 1 aromatic carbocycles. The Kier molecular flexibility index (Phi) is 3.32. The number of amides is 1. The molecular formula is C17H19FN2O. The molecule has 1 aliphatic carbocycles. The van der Waals surface area contributed by atoms with Gasteiger partial charge in [-0.05, 0) is 61.4 Å². The van der Waals surface area contributed by atoms with Crippen LogP contribution in [0.3, 0.4) is 0 Å². The number of allylic oxidation sites excluding steroid dienone is 3. The third-order valence-corrected chi connectivity index (χ3v) is 4.47. The molecule has 3 N–H and O–H groups in total. The molecule has 2 aliphatic rings. The molecule has 0 aromatic heterocycles. The van der Waals surface area contributed by atoms with Gasteiger partial charge in [-0.2, -0.15) is 0 Å². The van der Waals surface area contributed by atoms with Gasteiger partial charge in [0, 0.05) is 23.9 Å². The van der Waals surface area contributed by atoms with Crippen molar-refractivity contribution in [3.8, 4) is 0 Å². The molecule has 0 fully saturated rings. The first-order valence-corrected chi connectivity index (χ1v) is 7.25. The minimum absolute atomic E-state index is 0.312. The molecule has 1 aromatic rings. The zero-order valence-corrected chi connectivity index (χ0v) is 12.3. The fourth-order valence-electron chi connectivity index (χ4n) is 3.28. The Morgan fingerprint density at radius 1 is 1.33 bits per heavy atom. The van der Waals surface area contributed by atoms with Crippen molar-refractivity contribution in [2.75, 3.05) is 6.54 Å². The van der Waals surface area contributed by atoms with Crippen molar-refractivity contribution in [1.29, 1.82) is 0 Å². The quantitative estimate of drug-likeness (QED) is 0.878. The van der Waals surface area contributed by atoms with Crippen LogP contribution in [0.25, 0.3) is 11.1 Å². The van der Waals surface area contributed by atoms with E-state index in [4.69, 9.17) is 5.73 Å². The van der Waals surface area contributed by atoms with Gasteiger partial charge < -0.3 is 11.1 Å². The summed E-state index contributed by atoms with van der Waals surface area (Å²) in [7, 11) is 0. The van der Waals surface area contributed by atoms with E-state index >= 15 is 0 Å². The number of carbonyl (C=O) groups excluding carboxylic acids is 1. The first-order valence-electron chi connectivity index (χ1n) is 7.25. The maximum absolute atomic E-state index is 14.7. The molecular weight excluding hydrogens is 267 g/mol. The summed E-state index contributed by atoms with van der Waals surface area (Å²) in [4.78, 5) is 11.6. The number of fused-ring (bicyclic) bond motifs is 1. The lowest BCUT2D eigenvalue weighted by Crippen LogP contribution is -2.18. The van der Waals surface area contributed by atoms with Crippen molar-refractivity contribution in [3.05, 3.63) is 45.9 Å². The number of halogens is 1. The molecule has 3 rings (SSSR count). The standard InChI is InChI=1S/C17H19FN2O/c1-9-6-12-13(17(19)21)7-14(18)16(15(12)10(9)2)11-4-3-5-20-8-11/h7-8,20H,3-6H2,1-2H3,(H2,19,21). The van der Waals surface area contributed by atoms with Crippen LogP contribution in [-0.4, -0.2) is 12.5 Å². The van der Waals surface area contributed by atoms with Gasteiger partial charge in [-0.15, -0.1) is 0 Å². The van der Waals surface area contributed by atoms with E-state index in [0.717, 1.165) is 41.7 Å². The van der Waals surface area contributed by atoms with Crippen molar-refractivity contribution < 1.29 is 9.18 Å². The van der Waals surface area contributed by atoms with Gasteiger partial charge in [-0.3, -0.25) is 4.79 Å². The SMILES string of the molecule is CC1=C(C)c2c(c(C(N)=O)cc(F)c2C2=CNCCC2)C1. The second-order valence-electron chi connectivity index (χ2n) is 5.81. The number of hydrogen-bond donors (Lipinski definition) is 2. The number of carbonyl (C=O) groups is 1. The molecule has 3 nitrogen and oxygen atoms in total. The van der Waals surface area contributed by atoms with E-state index in [1.165, 1.54) is 11.6 Å². The van der Waals surface area contributed by atoms with Gasteiger partial charge in [-0.1, -0.05) is 5.57 Å². The van der Waals surface area contributed by atoms with Crippen molar-refractivity contribution in [3.63, 3.8) is 0 Å². The molecule has 0 atom stereocenters. The van der Waals surface area contributed by atoms with Crippen LogP contribution in [0.15, 0.2) is 17.8 Å². The van der Waals surface area contributed by atoms with Gasteiger partial charge >= 0.3 is 0 Å². The van der Waals surface area contributed by atoms with E-state index in [0.29, 0.717) is 17.5 Å². The maximum Gasteiger partial charge on any atom is 0.249 e. The summed E-state index contributed by atoms with van der Waals surface area (Å²) < 4.78 is 14.7. The molecule has 21 heavy (non-hydrogen) atoms. The average molecular weight is 286 g/mol. The lowest BCUT2D eigenvalue weighted by molar-refractivity contribution is 0.0999. The lowest BCUT2D eigenvalue weighted by Gasteiger charge is -2.20. The highest BCUT2D eigenvalue weighted by Gasteiger charge is 2.28. The highest BCUT2D eigenvalue weighted by atomic mass is 19.1. The Bertz CT molecular complexity index is 701. The number of nitrogens with one attached hydrogen (secondary N) is 1. The monoisotopic (exact) mass is 286 g/mol. The maximum atomic E-state index is 14.7. The Morgan fingerprint density at radius 2 is 2.10 bits per heavy atom. The van der Waals surface area contributed by atoms with Crippen LogP contribution in [0.4, 0.5) is 4.39 Å². The Morgan fingerprint density at radius 3 is 2.71 bits per heavy atom. The molecule has 0 saturated heterocycles. The fourth-order valence-corrected chi connectivity index (χ4v) is 3.28. The summed E-state index contributed by atoms with van der Waals surface area (Å²) in [6.45, 7) is 4.93. The summed E-state index contributed by atoms with van der Waals surface area (Å²) in [6.07, 6.45) is 4.40. The molecule has 1 aliphatic heterocycles. The van der Waals surface area contributed by atoms with Crippen LogP contribution in [-0.2, 0) is 6.42 Å². The van der Waals surface area contributed by atoms with Crippen molar-refractivity contribution >= 4 is 17.1 Å². The second-order valence-corrected chi connectivity index (χ2v) is 5.81. The molecule has 4 heteroatoms. The van der Waals surface area contributed by atoms with Gasteiger partial charge in [0.2, 0.25) is 5.91 Å². The average Bonchev–Trinajstić information content (AvgIpc) is 2.75. The van der Waals surface area contributed by atoms with Crippen molar-refractivity contribution in [2.24, 2.45) is 5.73 Å². The van der Waals surface area contributed by atoms with Crippen molar-refractivity contribution in [2.45, 2.75) is 33.1 Å². The molecule has 110 valence electrons. The highest BCUT2D eigenvalue weighted by Crippen LogP contribution is 2.41. The van der Waals surface area contributed by atoms with E-state index in [-0.39, 0.29) is 5.82 Å². The summed E-state index contributed by atoms with van der Waals surface area (Å²) in [5, 5.41) is 3.18. The van der Waals surface area contributed by atoms with E-state index in [1.54, 1.807) is 0 Å². The first-order chi connectivity index (χ1) is 10.0. The predicted molar refractivity (Wildman–Crippen MR) is 82.1 cm³/mol. The van der Waals surface area contributed by atoms with Crippen LogP contribution >= 0.6 is 0 Å². The minimum Gasteiger partial charge on any atom is -0.391 e. The van der Waals surface area contributed by atoms with Crippen LogP contribution in [0.5, 0.6) is 0 Å². The zero-order valence-electron chi connectivity index (χ0n) is 12.3. The summed E-state index contributed by atoms with van der Waals surface area (Å²) in [5.41, 5.74) is 11.3. The number of rotatable bonds is 2. The fraction of sp³-hybridized carbons (Fsp3) is 0.353. The van der Waals surface area contributed by atoms with Crippen LogP contribution in [0.1, 0.15) is 53.7 Å². The zero-order chi connectivity index (χ0) is 15.1. The van der Waals surface area contributed by atoms with Crippen LogP contribution in [0, 0.1) is 5.82 Å². The summed E-state index contributed by atoms with van der Waals surface area (Å²) in [6, 6.07) is 1.30. The third kappa shape index (κ3) is 2.15. The largest absolute Gasteiger partial charge is 0.391 e. The Labute approximate surface area is 123 Å². The molecule has 0 radical (unpaired) electrons. The van der Waals surface area contributed by atoms with Gasteiger partial charge in [0.1, 0.15) is 5.82 Å². The van der Waals surface area contributed by atoms with E-state index in [9.17, 15) is 9.18 Å². The van der Waals surface area contributed by atoms with E-state index < -0.39 is 5.91 Å². The van der Waals surface area contributed by atoms with Gasteiger partial charge in [0.25, 0.3) is 0 Å². The van der Waals surface area contributed by atoms with Gasteiger partial charge in [-0.25, -0.2) is 4.39 Å². The summed E-state index contributed by atoms with van der Waals surface area (Å²) >= 11 is 0. The minimum atomic E-state index is -0.560. The number of hydrogen-bond acceptors (Lipinski definition) is 2.